The van der Waals surface area contributed by atoms with Crippen molar-refractivity contribution >= 4 is 29.5 Å². The van der Waals surface area contributed by atoms with Crippen molar-refractivity contribution in [3.8, 4) is 11.5 Å². The molecule has 3 aromatic rings. The molecule has 0 N–H and O–H groups in total. The van der Waals surface area contributed by atoms with Gasteiger partial charge in [0.05, 0.1) is 12.1 Å². The van der Waals surface area contributed by atoms with Crippen LogP contribution in [0.5, 0.6) is 11.5 Å². The van der Waals surface area contributed by atoms with Gasteiger partial charge in [-0.15, -0.1) is 0 Å². The predicted octanol–water partition coefficient (Wildman–Crippen LogP) is 5.58. The minimum atomic E-state index is -0.520. The van der Waals surface area contributed by atoms with E-state index in [1.807, 2.05) is 61.5 Å². The summed E-state index contributed by atoms with van der Waals surface area (Å²) in [5, 5.41) is 0.372. The van der Waals surface area contributed by atoms with E-state index in [9.17, 15) is 4.79 Å². The van der Waals surface area contributed by atoms with E-state index in [2.05, 4.69) is 4.99 Å². The van der Waals surface area contributed by atoms with E-state index in [4.69, 9.17) is 25.8 Å². The van der Waals surface area contributed by atoms with Gasteiger partial charge in [0.15, 0.2) is 17.2 Å². The molecule has 0 radical (unpaired) electrons. The summed E-state index contributed by atoms with van der Waals surface area (Å²) >= 11 is 6.46. The predicted molar refractivity (Wildman–Crippen MR) is 121 cm³/mol. The molecule has 1 heterocycles. The van der Waals surface area contributed by atoms with E-state index in [1.165, 1.54) is 12.7 Å². The van der Waals surface area contributed by atoms with E-state index < -0.39 is 5.97 Å². The van der Waals surface area contributed by atoms with Crippen molar-refractivity contribution in [3.63, 3.8) is 0 Å². The number of cyclic esters (lactones) is 1. The lowest BCUT2D eigenvalue weighted by Gasteiger charge is -2.13. The van der Waals surface area contributed by atoms with Gasteiger partial charge in [0.25, 0.3) is 0 Å². The summed E-state index contributed by atoms with van der Waals surface area (Å²) in [4.78, 5) is 16.6. The highest BCUT2D eigenvalue weighted by molar-refractivity contribution is 6.32. The molecule has 156 valence electrons. The Kier molecular flexibility index (Phi) is 6.05. The van der Waals surface area contributed by atoms with Crippen molar-refractivity contribution in [2.24, 2.45) is 4.99 Å². The molecule has 1 aliphatic rings. The number of halogens is 1. The smallest absolute Gasteiger partial charge is 0.363 e. The van der Waals surface area contributed by atoms with Gasteiger partial charge in [-0.3, -0.25) is 0 Å². The van der Waals surface area contributed by atoms with E-state index in [-0.39, 0.29) is 11.6 Å². The van der Waals surface area contributed by atoms with Crippen LogP contribution in [0.2, 0.25) is 5.02 Å². The summed E-state index contributed by atoms with van der Waals surface area (Å²) in [6.45, 7) is 2.39. The van der Waals surface area contributed by atoms with Gasteiger partial charge < -0.3 is 14.2 Å². The van der Waals surface area contributed by atoms with Crippen LogP contribution in [0.3, 0.4) is 0 Å². The van der Waals surface area contributed by atoms with Crippen molar-refractivity contribution in [2.75, 3.05) is 7.11 Å². The van der Waals surface area contributed by atoms with Gasteiger partial charge in [0.1, 0.15) is 6.61 Å². The van der Waals surface area contributed by atoms with E-state index >= 15 is 0 Å². The first-order valence-corrected chi connectivity index (χ1v) is 10.0. The third kappa shape index (κ3) is 4.78. The number of ether oxygens (including phenoxy) is 3. The van der Waals surface area contributed by atoms with Gasteiger partial charge in [-0.05, 0) is 48.4 Å². The van der Waals surface area contributed by atoms with E-state index in [1.54, 1.807) is 18.2 Å². The minimum Gasteiger partial charge on any atom is -0.493 e. The molecule has 4 rings (SSSR count). The number of aliphatic imine (C=N–C) groups is 1. The van der Waals surface area contributed by atoms with E-state index in [0.29, 0.717) is 28.7 Å². The molecule has 6 heteroatoms. The van der Waals surface area contributed by atoms with Crippen LogP contribution in [-0.4, -0.2) is 19.0 Å². The van der Waals surface area contributed by atoms with Gasteiger partial charge >= 0.3 is 5.97 Å². The lowest BCUT2D eigenvalue weighted by molar-refractivity contribution is -0.129. The molecule has 31 heavy (non-hydrogen) atoms. The summed E-state index contributed by atoms with van der Waals surface area (Å²) in [5.74, 6) is 0.654. The number of carbonyl (C=O) groups excluding carboxylic acids is 1. The number of rotatable bonds is 6. The fourth-order valence-corrected chi connectivity index (χ4v) is 3.35. The number of methoxy groups -OCH3 is 1. The lowest BCUT2D eigenvalue weighted by Crippen LogP contribution is -2.05. The zero-order valence-corrected chi connectivity index (χ0v) is 17.8. The molecule has 0 aliphatic carbocycles. The molecular formula is C25H20ClNO4. The van der Waals surface area contributed by atoms with Crippen LogP contribution in [-0.2, 0) is 16.1 Å². The van der Waals surface area contributed by atoms with Crippen LogP contribution in [0.4, 0.5) is 0 Å². The van der Waals surface area contributed by atoms with Crippen molar-refractivity contribution in [2.45, 2.75) is 13.5 Å². The Bertz CT molecular complexity index is 1170. The molecular weight excluding hydrogens is 414 g/mol. The Hall–Kier alpha value is -3.57. The summed E-state index contributed by atoms with van der Waals surface area (Å²) < 4.78 is 16.7. The summed E-state index contributed by atoms with van der Waals surface area (Å²) in [5.41, 5.74) is 3.77. The Morgan fingerprint density at radius 3 is 2.52 bits per heavy atom. The van der Waals surface area contributed by atoms with Crippen LogP contribution < -0.4 is 9.47 Å². The molecule has 0 saturated heterocycles. The molecule has 0 bridgehead atoms. The Labute approximate surface area is 185 Å². The number of esters is 1. The average molecular weight is 434 g/mol. The standard InChI is InChI=1S/C25H20ClNO4/c1-16-8-10-17(11-9-16)15-30-23-20(26)12-18(14-22(23)29-2)13-21-25(28)31-24(27-21)19-6-4-3-5-7-19/h3-14H,15H2,1-2H3/b21-13-. The number of nitrogens with zero attached hydrogens (tertiary/aromatic N) is 1. The maximum atomic E-state index is 12.3. The molecule has 0 atom stereocenters. The summed E-state index contributed by atoms with van der Waals surface area (Å²) in [7, 11) is 1.54. The number of hydrogen-bond donors (Lipinski definition) is 0. The SMILES string of the molecule is COc1cc(/C=C2\N=C(c3ccccc3)OC2=O)cc(Cl)c1OCc1ccc(C)cc1. The van der Waals surface area contributed by atoms with Crippen LogP contribution >= 0.6 is 11.6 Å². The normalized spacial score (nSPS) is 14.4. The molecule has 0 fully saturated rings. The number of aryl methyl sites for hydroxylation is 1. The van der Waals surface area contributed by atoms with Crippen molar-refractivity contribution < 1.29 is 19.0 Å². The third-order valence-corrected chi connectivity index (χ3v) is 4.98. The lowest BCUT2D eigenvalue weighted by atomic mass is 10.1. The second kappa shape index (κ2) is 9.06. The number of benzene rings is 3. The molecule has 1 aliphatic heterocycles. The monoisotopic (exact) mass is 433 g/mol. The van der Waals surface area contributed by atoms with Gasteiger partial charge in [0, 0.05) is 5.56 Å². The fourth-order valence-electron chi connectivity index (χ4n) is 3.07. The van der Waals surface area contributed by atoms with Crippen LogP contribution in [0.25, 0.3) is 6.08 Å². The highest BCUT2D eigenvalue weighted by atomic mass is 35.5. The molecule has 5 nitrogen and oxygen atoms in total. The summed E-state index contributed by atoms with van der Waals surface area (Å²) in [6.07, 6.45) is 1.61. The third-order valence-electron chi connectivity index (χ3n) is 4.70. The zero-order chi connectivity index (χ0) is 21.8. The topological polar surface area (TPSA) is 57.1 Å². The maximum absolute atomic E-state index is 12.3. The molecule has 0 spiro atoms. The molecule has 0 unspecified atom stereocenters. The maximum Gasteiger partial charge on any atom is 0.363 e. The first-order valence-electron chi connectivity index (χ1n) is 9.67. The number of carbonyl (C=O) groups is 1. The van der Waals surface area contributed by atoms with Crippen LogP contribution in [0.1, 0.15) is 22.3 Å². The summed E-state index contributed by atoms with van der Waals surface area (Å²) in [6, 6.07) is 20.7. The highest BCUT2D eigenvalue weighted by Gasteiger charge is 2.24. The number of hydrogen-bond acceptors (Lipinski definition) is 5. The largest absolute Gasteiger partial charge is 0.493 e. The molecule has 0 amide bonds. The first-order chi connectivity index (χ1) is 15.0. The molecule has 0 saturated carbocycles. The first kappa shape index (κ1) is 20.7. The molecule has 3 aromatic carbocycles. The van der Waals surface area contributed by atoms with Crippen molar-refractivity contribution in [1.29, 1.82) is 0 Å². The van der Waals surface area contributed by atoms with Gasteiger partial charge in [-0.2, -0.15) is 0 Å². The highest BCUT2D eigenvalue weighted by Crippen LogP contribution is 2.38. The zero-order valence-electron chi connectivity index (χ0n) is 17.1. The Balaban J connectivity index is 1.58. The second-order valence-electron chi connectivity index (χ2n) is 7.01. The van der Waals surface area contributed by atoms with Gasteiger partial charge in [-0.25, -0.2) is 9.79 Å². The van der Waals surface area contributed by atoms with Crippen LogP contribution in [0, 0.1) is 6.92 Å². The quantitative estimate of drug-likeness (QED) is 0.376. The van der Waals surface area contributed by atoms with Gasteiger partial charge in [-0.1, -0.05) is 59.6 Å². The fraction of sp³-hybridized carbons (Fsp3) is 0.120. The Morgan fingerprint density at radius 1 is 1.06 bits per heavy atom. The van der Waals surface area contributed by atoms with Crippen LogP contribution in [0.15, 0.2) is 77.4 Å². The van der Waals surface area contributed by atoms with Crippen molar-refractivity contribution in [3.05, 3.63) is 99.7 Å². The minimum absolute atomic E-state index is 0.185. The van der Waals surface area contributed by atoms with Crippen molar-refractivity contribution in [1.82, 2.24) is 0 Å². The Morgan fingerprint density at radius 2 is 1.81 bits per heavy atom. The second-order valence-corrected chi connectivity index (χ2v) is 7.42. The van der Waals surface area contributed by atoms with E-state index in [0.717, 1.165) is 11.1 Å². The van der Waals surface area contributed by atoms with Gasteiger partial charge in [0.2, 0.25) is 5.90 Å². The average Bonchev–Trinajstić information content (AvgIpc) is 3.14. The molecule has 0 aromatic heterocycles.